The molecule has 0 spiro atoms. The minimum atomic E-state index is -0.0617. The van der Waals surface area contributed by atoms with Crippen LogP contribution >= 0.6 is 0 Å². The number of amides is 1. The van der Waals surface area contributed by atoms with Gasteiger partial charge in [-0.3, -0.25) is 4.79 Å². The molecule has 0 aliphatic carbocycles. The molecule has 4 aromatic rings. The molecular weight excluding hydrogens is 352 g/mol. The molecular formula is C21H22N6O. The van der Waals surface area contributed by atoms with Gasteiger partial charge in [0.05, 0.1) is 18.2 Å². The lowest BCUT2D eigenvalue weighted by Crippen LogP contribution is -2.30. The zero-order chi connectivity index (χ0) is 19.3. The van der Waals surface area contributed by atoms with Gasteiger partial charge in [0, 0.05) is 45.3 Å². The second kappa shape index (κ2) is 8.04. The van der Waals surface area contributed by atoms with Gasteiger partial charge in [0.25, 0.3) is 5.91 Å². The first-order valence-corrected chi connectivity index (χ1v) is 9.27. The van der Waals surface area contributed by atoms with E-state index in [0.717, 1.165) is 24.1 Å². The third-order valence-electron chi connectivity index (χ3n) is 4.79. The molecule has 7 nitrogen and oxygen atoms in total. The Bertz CT molecular complexity index is 1060. The van der Waals surface area contributed by atoms with Crippen molar-refractivity contribution in [1.82, 2.24) is 29.0 Å². The van der Waals surface area contributed by atoms with Crippen LogP contribution in [0, 0.1) is 0 Å². The molecule has 3 heterocycles. The number of carbonyl (C=O) groups is 1. The van der Waals surface area contributed by atoms with E-state index in [2.05, 4.69) is 27.1 Å². The van der Waals surface area contributed by atoms with E-state index in [1.54, 1.807) is 37.0 Å². The van der Waals surface area contributed by atoms with Crippen LogP contribution in [-0.4, -0.2) is 48.5 Å². The Kier molecular flexibility index (Phi) is 5.14. The second-order valence-corrected chi connectivity index (χ2v) is 6.77. The number of hydrogen-bond donors (Lipinski definition) is 0. The van der Waals surface area contributed by atoms with Crippen molar-refractivity contribution in [1.29, 1.82) is 0 Å². The average Bonchev–Trinajstić information content (AvgIpc) is 3.40. The Labute approximate surface area is 163 Å². The monoisotopic (exact) mass is 374 g/mol. The molecule has 1 aromatic carbocycles. The molecule has 0 unspecified atom stereocenters. The molecule has 4 rings (SSSR count). The minimum absolute atomic E-state index is 0.0617. The van der Waals surface area contributed by atoms with Crippen molar-refractivity contribution in [2.75, 3.05) is 13.6 Å². The largest absolute Gasteiger partial charge is 0.340 e. The third kappa shape index (κ3) is 3.93. The molecule has 7 heteroatoms. The molecule has 0 aliphatic heterocycles. The number of aromatic nitrogens is 5. The van der Waals surface area contributed by atoms with E-state index in [0.29, 0.717) is 18.7 Å². The van der Waals surface area contributed by atoms with Gasteiger partial charge in [0.2, 0.25) is 0 Å². The smallest absolute Gasteiger partial charge is 0.255 e. The molecule has 142 valence electrons. The van der Waals surface area contributed by atoms with E-state index in [1.807, 2.05) is 39.6 Å². The number of fused-ring (bicyclic) bond motifs is 1. The molecule has 0 aliphatic rings. The van der Waals surface area contributed by atoms with Crippen LogP contribution in [0.4, 0.5) is 0 Å². The number of aryl methyl sites for hydroxylation is 2. The summed E-state index contributed by atoms with van der Waals surface area (Å²) >= 11 is 0. The zero-order valence-electron chi connectivity index (χ0n) is 15.8. The molecule has 0 bridgehead atoms. The number of benzene rings is 1. The summed E-state index contributed by atoms with van der Waals surface area (Å²) in [6.07, 6.45) is 9.69. The molecule has 28 heavy (non-hydrogen) atoms. The van der Waals surface area contributed by atoms with Gasteiger partial charge in [0.15, 0.2) is 5.65 Å². The Morgan fingerprint density at radius 1 is 1.11 bits per heavy atom. The first-order chi connectivity index (χ1) is 13.7. The Morgan fingerprint density at radius 3 is 2.75 bits per heavy atom. The van der Waals surface area contributed by atoms with Crippen LogP contribution < -0.4 is 0 Å². The maximum absolute atomic E-state index is 12.7. The van der Waals surface area contributed by atoms with Crippen LogP contribution in [0.5, 0.6) is 0 Å². The van der Waals surface area contributed by atoms with Crippen molar-refractivity contribution in [2.45, 2.75) is 19.5 Å². The third-order valence-corrected chi connectivity index (χ3v) is 4.79. The van der Waals surface area contributed by atoms with Crippen LogP contribution in [-0.2, 0) is 19.5 Å². The van der Waals surface area contributed by atoms with Crippen molar-refractivity contribution in [3.63, 3.8) is 0 Å². The van der Waals surface area contributed by atoms with Crippen LogP contribution in [0.15, 0.2) is 67.6 Å². The SMILES string of the molecule is CN(CCn1ccnc1)C(=O)c1cnc2c(c1)ncn2CCc1ccccc1. The standard InChI is InChI=1S/C21H22N6O/c1-25(11-12-26-10-8-22-15-26)21(28)18-13-19-20(23-14-18)27(16-24-19)9-7-17-5-3-2-4-6-17/h2-6,8,10,13-16H,7,9,11-12H2,1H3. The van der Waals surface area contributed by atoms with Crippen molar-refractivity contribution < 1.29 is 4.79 Å². The second-order valence-electron chi connectivity index (χ2n) is 6.77. The van der Waals surface area contributed by atoms with E-state index < -0.39 is 0 Å². The van der Waals surface area contributed by atoms with E-state index in [-0.39, 0.29) is 5.91 Å². The normalized spacial score (nSPS) is 11.0. The predicted octanol–water partition coefficient (Wildman–Crippen LogP) is 2.64. The Morgan fingerprint density at radius 2 is 1.96 bits per heavy atom. The van der Waals surface area contributed by atoms with Gasteiger partial charge < -0.3 is 14.0 Å². The molecule has 0 saturated carbocycles. The number of likely N-dealkylation sites (N-methyl/N-ethyl adjacent to an activating group) is 1. The summed E-state index contributed by atoms with van der Waals surface area (Å²) in [4.78, 5) is 27.3. The molecule has 0 fully saturated rings. The molecule has 0 N–H and O–H groups in total. The van der Waals surface area contributed by atoms with Crippen LogP contribution in [0.1, 0.15) is 15.9 Å². The fourth-order valence-electron chi connectivity index (χ4n) is 3.13. The summed E-state index contributed by atoms with van der Waals surface area (Å²) in [7, 11) is 1.79. The summed E-state index contributed by atoms with van der Waals surface area (Å²) in [5.41, 5.74) is 3.36. The van der Waals surface area contributed by atoms with E-state index >= 15 is 0 Å². The predicted molar refractivity (Wildman–Crippen MR) is 107 cm³/mol. The Balaban J connectivity index is 1.43. The van der Waals surface area contributed by atoms with Gasteiger partial charge in [-0.15, -0.1) is 0 Å². The number of nitrogens with zero attached hydrogens (tertiary/aromatic N) is 6. The van der Waals surface area contributed by atoms with Gasteiger partial charge in [-0.1, -0.05) is 30.3 Å². The summed E-state index contributed by atoms with van der Waals surface area (Å²) in [5, 5.41) is 0. The zero-order valence-corrected chi connectivity index (χ0v) is 15.8. The van der Waals surface area contributed by atoms with E-state index in [4.69, 9.17) is 0 Å². The first-order valence-electron chi connectivity index (χ1n) is 9.27. The number of rotatable bonds is 7. The Hall–Kier alpha value is -3.48. The number of hydrogen-bond acceptors (Lipinski definition) is 4. The van der Waals surface area contributed by atoms with Gasteiger partial charge in [-0.2, -0.15) is 0 Å². The fraction of sp³-hybridized carbons (Fsp3) is 0.238. The lowest BCUT2D eigenvalue weighted by atomic mass is 10.1. The van der Waals surface area contributed by atoms with Gasteiger partial charge in [0.1, 0.15) is 5.52 Å². The van der Waals surface area contributed by atoms with E-state index in [1.165, 1.54) is 5.56 Å². The van der Waals surface area contributed by atoms with Crippen LogP contribution in [0.3, 0.4) is 0 Å². The lowest BCUT2D eigenvalue weighted by molar-refractivity contribution is 0.0790. The highest BCUT2D eigenvalue weighted by Gasteiger charge is 2.14. The number of carbonyl (C=O) groups excluding carboxylic acids is 1. The van der Waals surface area contributed by atoms with Crippen molar-refractivity contribution in [3.8, 4) is 0 Å². The summed E-state index contributed by atoms with van der Waals surface area (Å²) in [5.74, 6) is -0.0617. The van der Waals surface area contributed by atoms with Crippen molar-refractivity contribution >= 4 is 17.1 Å². The van der Waals surface area contributed by atoms with Gasteiger partial charge >= 0.3 is 0 Å². The first kappa shape index (κ1) is 17.9. The highest BCUT2D eigenvalue weighted by molar-refractivity contribution is 5.96. The number of pyridine rings is 1. The van der Waals surface area contributed by atoms with Crippen LogP contribution in [0.25, 0.3) is 11.2 Å². The highest BCUT2D eigenvalue weighted by atomic mass is 16.2. The quantitative estimate of drug-likeness (QED) is 0.499. The molecule has 3 aromatic heterocycles. The molecule has 0 atom stereocenters. The van der Waals surface area contributed by atoms with Crippen LogP contribution in [0.2, 0.25) is 0 Å². The summed E-state index contributed by atoms with van der Waals surface area (Å²) in [6, 6.07) is 12.1. The van der Waals surface area contributed by atoms with Crippen molar-refractivity contribution in [2.24, 2.45) is 0 Å². The lowest BCUT2D eigenvalue weighted by Gasteiger charge is -2.17. The average molecular weight is 374 g/mol. The maximum atomic E-state index is 12.7. The fourth-order valence-corrected chi connectivity index (χ4v) is 3.13. The van der Waals surface area contributed by atoms with Gasteiger partial charge in [-0.25, -0.2) is 15.0 Å². The minimum Gasteiger partial charge on any atom is -0.340 e. The number of imidazole rings is 2. The van der Waals surface area contributed by atoms with Crippen molar-refractivity contribution in [3.05, 3.63) is 78.8 Å². The van der Waals surface area contributed by atoms with E-state index in [9.17, 15) is 4.79 Å². The maximum Gasteiger partial charge on any atom is 0.255 e. The molecule has 1 amide bonds. The molecule has 0 radical (unpaired) electrons. The molecule has 0 saturated heterocycles. The van der Waals surface area contributed by atoms with Gasteiger partial charge in [-0.05, 0) is 18.1 Å². The summed E-state index contributed by atoms with van der Waals surface area (Å²) < 4.78 is 3.97. The highest BCUT2D eigenvalue weighted by Crippen LogP contribution is 2.14. The summed E-state index contributed by atoms with van der Waals surface area (Å²) in [6.45, 7) is 2.09. The topological polar surface area (TPSA) is 68.8 Å².